The van der Waals surface area contributed by atoms with Gasteiger partial charge in [0.15, 0.2) is 0 Å². The molecule has 1 unspecified atom stereocenters. The first-order chi connectivity index (χ1) is 2.64. The second-order valence-corrected chi connectivity index (χ2v) is 2.66. The fourth-order valence-corrected chi connectivity index (χ4v) is 0. The maximum atomic E-state index is 9.81. The van der Waals surface area contributed by atoms with E-state index in [9.17, 15) is 4.89 Å². The average Bonchev–Trinajstić information content (AvgIpc) is 1.36. The van der Waals surface area contributed by atoms with Crippen molar-refractivity contribution in [2.24, 2.45) is 0 Å². The summed E-state index contributed by atoms with van der Waals surface area (Å²) in [6.45, 7) is 3.25. The largest absolute Gasteiger partial charge is 0.603 e. The summed E-state index contributed by atoms with van der Waals surface area (Å²) in [6, 6.07) is 0. The van der Waals surface area contributed by atoms with E-state index >= 15 is 0 Å². The van der Waals surface area contributed by atoms with E-state index in [0.717, 1.165) is 0 Å². The Kier molecular flexibility index (Phi) is 2.33. The Hall–Kier alpha value is 0.0900. The summed E-state index contributed by atoms with van der Waals surface area (Å²) in [5.41, 5.74) is 0. The van der Waals surface area contributed by atoms with Gasteiger partial charge in [-0.25, -0.2) is 0 Å². The van der Waals surface area contributed by atoms with E-state index in [2.05, 4.69) is 0 Å². The Labute approximate surface area is 38.0 Å². The third kappa shape index (κ3) is 2.33. The van der Waals surface area contributed by atoms with Crippen LogP contribution in [0.1, 0.15) is 13.8 Å². The second kappa shape index (κ2) is 2.30. The standard InChI is InChI=1S/C3H7O2P/c1-3(2)6(4)5/h1-2H3,(H,4,5). The zero-order chi connectivity index (χ0) is 5.15. The molecule has 1 N–H and O–H groups in total. The lowest BCUT2D eigenvalue weighted by Crippen LogP contribution is -1.91. The van der Waals surface area contributed by atoms with Gasteiger partial charge in [0.25, 0.3) is 0 Å². The Bertz CT molecular complexity index is 58.9. The number of rotatable bonds is 0. The minimum Gasteiger partial charge on any atom is -0.603 e. The maximum Gasteiger partial charge on any atom is 0.215 e. The molecule has 0 aromatic carbocycles. The highest BCUT2D eigenvalue weighted by atomic mass is 31.1. The highest BCUT2D eigenvalue weighted by molar-refractivity contribution is 7.45. The molecular weight excluding hydrogens is 99.0 g/mol. The molecule has 0 aliphatic heterocycles. The van der Waals surface area contributed by atoms with Crippen LogP contribution in [0.2, 0.25) is 0 Å². The summed E-state index contributed by atoms with van der Waals surface area (Å²) in [5.74, 6) is 0. The smallest absolute Gasteiger partial charge is 0.215 e. The first kappa shape index (κ1) is 6.09. The van der Waals surface area contributed by atoms with Crippen molar-refractivity contribution < 1.29 is 9.79 Å². The van der Waals surface area contributed by atoms with E-state index in [1.165, 1.54) is 0 Å². The van der Waals surface area contributed by atoms with Gasteiger partial charge in [-0.2, -0.15) is 4.89 Å². The van der Waals surface area contributed by atoms with Gasteiger partial charge in [0.05, 0.1) is 0 Å². The Morgan fingerprint density at radius 1 is 1.67 bits per heavy atom. The first-order valence-electron chi connectivity index (χ1n) is 1.61. The highest BCUT2D eigenvalue weighted by Crippen LogP contribution is 2.02. The lowest BCUT2D eigenvalue weighted by Gasteiger charge is -1.82. The van der Waals surface area contributed by atoms with Crippen LogP contribution in [0, 0.1) is 0 Å². The van der Waals surface area contributed by atoms with Crippen LogP contribution in [0.4, 0.5) is 0 Å². The molecule has 36 valence electrons. The molecule has 0 aromatic heterocycles. The van der Waals surface area contributed by atoms with E-state index in [1.807, 2.05) is 0 Å². The third-order valence-corrected chi connectivity index (χ3v) is 1.15. The average molecular weight is 106 g/mol. The van der Waals surface area contributed by atoms with Crippen LogP contribution >= 0.6 is 8.00 Å². The second-order valence-electron chi connectivity index (χ2n) is 1.22. The summed E-state index contributed by atoms with van der Waals surface area (Å²) in [7, 11) is -1.99. The van der Waals surface area contributed by atoms with Crippen molar-refractivity contribution in [2.45, 2.75) is 13.8 Å². The molecule has 0 bridgehead atoms. The van der Waals surface area contributed by atoms with Crippen LogP contribution in [-0.4, -0.2) is 10.2 Å². The Morgan fingerprint density at radius 2 is 1.83 bits per heavy atom. The van der Waals surface area contributed by atoms with Gasteiger partial charge in [-0.3, -0.25) is 0 Å². The molecule has 0 saturated heterocycles. The lowest BCUT2D eigenvalue weighted by atomic mass is 10.6. The monoisotopic (exact) mass is 106 g/mol. The van der Waals surface area contributed by atoms with Gasteiger partial charge in [0, 0.05) is 0 Å². The summed E-state index contributed by atoms with van der Waals surface area (Å²) >= 11 is 0. The minimum atomic E-state index is -1.99. The molecule has 0 aliphatic carbocycles. The Morgan fingerprint density at radius 3 is 1.83 bits per heavy atom. The summed E-state index contributed by atoms with van der Waals surface area (Å²) in [5, 5.41) is 0.574. The van der Waals surface area contributed by atoms with Crippen LogP contribution in [-0.2, 0) is 0 Å². The van der Waals surface area contributed by atoms with Crippen molar-refractivity contribution in [3.63, 3.8) is 0 Å². The van der Waals surface area contributed by atoms with Crippen molar-refractivity contribution in [1.29, 1.82) is 0 Å². The van der Waals surface area contributed by atoms with Crippen molar-refractivity contribution >= 4 is 13.3 Å². The van der Waals surface area contributed by atoms with Gasteiger partial charge in [0.2, 0.25) is 8.00 Å². The topological polar surface area (TPSA) is 43.3 Å². The van der Waals surface area contributed by atoms with Gasteiger partial charge < -0.3 is 4.89 Å². The molecule has 0 radical (unpaired) electrons. The van der Waals surface area contributed by atoms with Crippen LogP contribution in [0.25, 0.3) is 0 Å². The van der Waals surface area contributed by atoms with Crippen molar-refractivity contribution in [3.8, 4) is 0 Å². The van der Waals surface area contributed by atoms with Gasteiger partial charge in [-0.15, -0.1) is 0 Å². The fourth-order valence-electron chi connectivity index (χ4n) is 0. The first-order valence-corrected chi connectivity index (χ1v) is 2.82. The lowest BCUT2D eigenvalue weighted by molar-refractivity contribution is -0.167. The molecule has 3 heteroatoms. The number of hydrogen-bond donors (Lipinski definition) is 1. The molecule has 0 saturated carbocycles. The van der Waals surface area contributed by atoms with Crippen LogP contribution in [0.5, 0.6) is 0 Å². The molecule has 0 amide bonds. The van der Waals surface area contributed by atoms with Crippen LogP contribution < -0.4 is 4.89 Å². The Balaban J connectivity index is 3.68. The predicted molar refractivity (Wildman–Crippen MR) is 25.5 cm³/mol. The third-order valence-electron chi connectivity index (χ3n) is 0.383. The molecule has 6 heavy (non-hydrogen) atoms. The zero-order valence-corrected chi connectivity index (χ0v) is 4.70. The van der Waals surface area contributed by atoms with E-state index in [0.29, 0.717) is 5.29 Å². The molecule has 0 rings (SSSR count). The van der Waals surface area contributed by atoms with Gasteiger partial charge in [0.1, 0.15) is 5.29 Å². The van der Waals surface area contributed by atoms with E-state index in [4.69, 9.17) is 4.89 Å². The van der Waals surface area contributed by atoms with Gasteiger partial charge in [-0.05, 0) is 13.8 Å². The van der Waals surface area contributed by atoms with E-state index in [-0.39, 0.29) is 0 Å². The summed E-state index contributed by atoms with van der Waals surface area (Å²) < 4.78 is 0. The van der Waals surface area contributed by atoms with Crippen molar-refractivity contribution in [2.75, 3.05) is 0 Å². The molecule has 0 heterocycles. The minimum absolute atomic E-state index is 0.574. The SMILES string of the molecule is CC(C)=[P+]([O-])O. The molecule has 0 aromatic rings. The fraction of sp³-hybridized carbons (Fsp3) is 0.667. The molecule has 1 atom stereocenters. The van der Waals surface area contributed by atoms with Crippen molar-refractivity contribution in [3.05, 3.63) is 0 Å². The molecule has 0 fully saturated rings. The molecular formula is C3H7O2P. The van der Waals surface area contributed by atoms with Crippen LogP contribution in [0.3, 0.4) is 0 Å². The summed E-state index contributed by atoms with van der Waals surface area (Å²) in [6.07, 6.45) is 0. The van der Waals surface area contributed by atoms with Gasteiger partial charge in [-0.1, -0.05) is 0 Å². The normalized spacial score (nSPS) is 11.0. The number of hydrogen-bond acceptors (Lipinski definition) is 2. The zero-order valence-electron chi connectivity index (χ0n) is 3.80. The highest BCUT2D eigenvalue weighted by Gasteiger charge is 1.86. The van der Waals surface area contributed by atoms with Crippen molar-refractivity contribution in [1.82, 2.24) is 0 Å². The molecule has 0 spiro atoms. The quantitative estimate of drug-likeness (QED) is 0.437. The van der Waals surface area contributed by atoms with Gasteiger partial charge >= 0.3 is 0 Å². The van der Waals surface area contributed by atoms with E-state index < -0.39 is 8.00 Å². The maximum absolute atomic E-state index is 9.81. The predicted octanol–water partition coefficient (Wildman–Crippen LogP) is -0.137. The van der Waals surface area contributed by atoms with E-state index in [1.54, 1.807) is 13.8 Å². The summed E-state index contributed by atoms with van der Waals surface area (Å²) in [4.78, 5) is 17.9. The molecule has 2 nitrogen and oxygen atoms in total. The van der Waals surface area contributed by atoms with Crippen LogP contribution in [0.15, 0.2) is 0 Å². The molecule has 0 aliphatic rings.